The number of carbonyl (C=O) groups is 1. The minimum Gasteiger partial charge on any atom is -0.325 e. The summed E-state index contributed by atoms with van der Waals surface area (Å²) in [4.78, 5) is 25.7. The Balaban J connectivity index is 1.42. The second-order valence-corrected chi connectivity index (χ2v) is 10.1. The van der Waals surface area contributed by atoms with Crippen molar-refractivity contribution in [2.75, 3.05) is 11.1 Å². The smallest absolute Gasteiger partial charge is 0.274 e. The Morgan fingerprint density at radius 1 is 1.41 bits per heavy atom. The van der Waals surface area contributed by atoms with E-state index >= 15 is 0 Å². The van der Waals surface area contributed by atoms with E-state index in [0.29, 0.717) is 16.4 Å². The van der Waals surface area contributed by atoms with Crippen LogP contribution in [0.15, 0.2) is 29.4 Å². The van der Waals surface area contributed by atoms with Gasteiger partial charge in [-0.1, -0.05) is 31.2 Å². The Bertz CT molecular complexity index is 1170. The van der Waals surface area contributed by atoms with Gasteiger partial charge in [0.05, 0.1) is 26.8 Å². The Labute approximate surface area is 194 Å². The average molecular weight is 472 g/mol. The zero-order chi connectivity index (χ0) is 22.8. The first-order chi connectivity index (χ1) is 15.4. The number of nitrogens with zero attached hydrogens (tertiary/aromatic N) is 4. The van der Waals surface area contributed by atoms with E-state index in [4.69, 9.17) is 0 Å². The highest BCUT2D eigenvalue weighted by Crippen LogP contribution is 2.38. The van der Waals surface area contributed by atoms with Crippen LogP contribution in [0.4, 0.5) is 11.4 Å². The van der Waals surface area contributed by atoms with Gasteiger partial charge < -0.3 is 9.88 Å². The molecule has 0 radical (unpaired) electrons. The number of benzene rings is 1. The van der Waals surface area contributed by atoms with Crippen molar-refractivity contribution in [2.24, 2.45) is 13.0 Å². The first-order valence-corrected chi connectivity index (χ1v) is 12.4. The van der Waals surface area contributed by atoms with Gasteiger partial charge in [0.1, 0.15) is 0 Å². The maximum atomic E-state index is 12.4. The van der Waals surface area contributed by atoms with E-state index < -0.39 is 4.92 Å². The van der Waals surface area contributed by atoms with E-state index in [1.54, 1.807) is 30.4 Å². The van der Waals surface area contributed by atoms with E-state index in [-0.39, 0.29) is 17.3 Å². The molecule has 0 fully saturated rings. The van der Waals surface area contributed by atoms with Gasteiger partial charge in [-0.15, -0.1) is 21.5 Å². The number of hydrogen-bond donors (Lipinski definition) is 1. The molecular formula is C22H25N5O3S2. The van der Waals surface area contributed by atoms with E-state index in [2.05, 4.69) is 28.5 Å². The molecule has 10 heteroatoms. The summed E-state index contributed by atoms with van der Waals surface area (Å²) in [6, 6.07) is 6.89. The SMILES string of the molecule is CCC1CCc2sc(-c3nnc(SCC(=O)Nc4cccc([N+](=O)[O-])c4C)n3C)cc2C1. The second kappa shape index (κ2) is 9.41. The first kappa shape index (κ1) is 22.5. The highest BCUT2D eigenvalue weighted by molar-refractivity contribution is 7.99. The molecule has 32 heavy (non-hydrogen) atoms. The van der Waals surface area contributed by atoms with E-state index in [9.17, 15) is 14.9 Å². The number of rotatable bonds is 7. The molecule has 0 spiro atoms. The molecule has 0 aliphatic heterocycles. The number of nitro groups is 1. The lowest BCUT2D eigenvalue weighted by Gasteiger charge is -2.19. The predicted molar refractivity (Wildman–Crippen MR) is 127 cm³/mol. The van der Waals surface area contributed by atoms with Crippen molar-refractivity contribution in [3.05, 3.63) is 50.4 Å². The van der Waals surface area contributed by atoms with Crippen molar-refractivity contribution in [1.82, 2.24) is 14.8 Å². The average Bonchev–Trinajstić information content (AvgIpc) is 3.35. The summed E-state index contributed by atoms with van der Waals surface area (Å²) in [5.41, 5.74) is 2.30. The van der Waals surface area contributed by atoms with Crippen LogP contribution < -0.4 is 5.32 Å². The van der Waals surface area contributed by atoms with Crippen LogP contribution in [0.2, 0.25) is 0 Å². The Morgan fingerprint density at radius 3 is 2.97 bits per heavy atom. The quantitative estimate of drug-likeness (QED) is 0.295. The van der Waals surface area contributed by atoms with Gasteiger partial charge in [-0.3, -0.25) is 14.9 Å². The van der Waals surface area contributed by atoms with Gasteiger partial charge in [0.15, 0.2) is 11.0 Å². The van der Waals surface area contributed by atoms with Crippen molar-refractivity contribution in [3.8, 4) is 10.7 Å². The van der Waals surface area contributed by atoms with Crippen LogP contribution in [-0.4, -0.2) is 31.3 Å². The van der Waals surface area contributed by atoms with Crippen LogP contribution in [-0.2, 0) is 24.7 Å². The summed E-state index contributed by atoms with van der Waals surface area (Å²) in [5.74, 6) is 1.46. The third-order valence-corrected chi connectivity index (χ3v) is 8.18. The largest absolute Gasteiger partial charge is 0.325 e. The number of aryl methyl sites for hydroxylation is 1. The molecule has 0 saturated heterocycles. The number of nitrogens with one attached hydrogen (secondary N) is 1. The van der Waals surface area contributed by atoms with Crippen LogP contribution in [0.3, 0.4) is 0 Å². The highest BCUT2D eigenvalue weighted by Gasteiger charge is 2.23. The lowest BCUT2D eigenvalue weighted by molar-refractivity contribution is -0.385. The monoisotopic (exact) mass is 471 g/mol. The number of fused-ring (bicyclic) bond motifs is 1. The maximum absolute atomic E-state index is 12.4. The van der Waals surface area contributed by atoms with Crippen LogP contribution in [0.5, 0.6) is 0 Å². The number of thiophene rings is 1. The van der Waals surface area contributed by atoms with Gasteiger partial charge in [0, 0.05) is 18.0 Å². The molecule has 2 aromatic heterocycles. The van der Waals surface area contributed by atoms with Gasteiger partial charge in [0.25, 0.3) is 5.69 Å². The fraction of sp³-hybridized carbons (Fsp3) is 0.409. The molecule has 2 heterocycles. The summed E-state index contributed by atoms with van der Waals surface area (Å²) in [6.45, 7) is 3.88. The van der Waals surface area contributed by atoms with Crippen LogP contribution in [0.1, 0.15) is 35.8 Å². The summed E-state index contributed by atoms with van der Waals surface area (Å²) >= 11 is 3.09. The summed E-state index contributed by atoms with van der Waals surface area (Å²) in [6.07, 6.45) is 4.74. The normalized spacial score (nSPS) is 15.4. The molecule has 168 valence electrons. The molecule has 8 nitrogen and oxygen atoms in total. The van der Waals surface area contributed by atoms with Gasteiger partial charge in [-0.2, -0.15) is 0 Å². The molecule has 1 amide bonds. The van der Waals surface area contributed by atoms with E-state index in [0.717, 1.165) is 29.5 Å². The van der Waals surface area contributed by atoms with Crippen molar-refractivity contribution in [2.45, 2.75) is 44.7 Å². The Hall–Kier alpha value is -2.72. The highest BCUT2D eigenvalue weighted by atomic mass is 32.2. The standard InChI is InChI=1S/C22H25N5O3S2/c1-4-14-8-9-18-15(10-14)11-19(32-18)21-24-25-22(26(21)3)31-12-20(28)23-16-6-5-7-17(13(16)2)27(29)30/h5-7,11,14H,4,8-10,12H2,1-3H3,(H,23,28). The predicted octanol–water partition coefficient (Wildman–Crippen LogP) is 5.01. The van der Waals surface area contributed by atoms with Crippen molar-refractivity contribution >= 4 is 40.4 Å². The van der Waals surface area contributed by atoms with Crippen LogP contribution in [0.25, 0.3) is 10.7 Å². The third kappa shape index (κ3) is 4.56. The molecule has 1 aromatic carbocycles. The second-order valence-electron chi connectivity index (χ2n) is 7.98. The van der Waals surface area contributed by atoms with Crippen molar-refractivity contribution in [1.29, 1.82) is 0 Å². The number of thioether (sulfide) groups is 1. The molecule has 4 rings (SSSR count). The Morgan fingerprint density at radius 2 is 2.22 bits per heavy atom. The lowest BCUT2D eigenvalue weighted by Crippen LogP contribution is -2.15. The van der Waals surface area contributed by atoms with Crippen molar-refractivity contribution in [3.63, 3.8) is 0 Å². The molecular weight excluding hydrogens is 446 g/mol. The number of aromatic nitrogens is 3. The number of carbonyl (C=O) groups excluding carboxylic acids is 1. The van der Waals surface area contributed by atoms with E-state index in [1.165, 1.54) is 41.1 Å². The number of amides is 1. The van der Waals surface area contributed by atoms with Gasteiger partial charge in [-0.05, 0) is 49.8 Å². The lowest BCUT2D eigenvalue weighted by atomic mass is 9.87. The minimum atomic E-state index is -0.453. The third-order valence-electron chi connectivity index (χ3n) is 5.93. The summed E-state index contributed by atoms with van der Waals surface area (Å²) in [7, 11) is 1.91. The fourth-order valence-corrected chi connectivity index (χ4v) is 5.93. The summed E-state index contributed by atoms with van der Waals surface area (Å²) < 4.78 is 1.92. The molecule has 1 N–H and O–H groups in total. The molecule has 1 atom stereocenters. The van der Waals surface area contributed by atoms with E-state index in [1.807, 2.05) is 11.6 Å². The number of hydrogen-bond acceptors (Lipinski definition) is 7. The zero-order valence-corrected chi connectivity index (χ0v) is 19.9. The molecule has 1 unspecified atom stereocenters. The number of anilines is 1. The van der Waals surface area contributed by atoms with Gasteiger partial charge in [-0.25, -0.2) is 0 Å². The molecule has 1 aliphatic carbocycles. The zero-order valence-electron chi connectivity index (χ0n) is 18.3. The molecule has 0 bridgehead atoms. The maximum Gasteiger partial charge on any atom is 0.274 e. The minimum absolute atomic E-state index is 0.0164. The number of nitro benzene ring substituents is 1. The molecule has 1 aliphatic rings. The van der Waals surface area contributed by atoms with Crippen molar-refractivity contribution < 1.29 is 9.72 Å². The summed E-state index contributed by atoms with van der Waals surface area (Å²) in [5, 5.41) is 23.2. The first-order valence-electron chi connectivity index (χ1n) is 10.5. The Kier molecular flexibility index (Phi) is 6.61. The van der Waals surface area contributed by atoms with Gasteiger partial charge in [0.2, 0.25) is 5.91 Å². The fourth-order valence-electron chi connectivity index (χ4n) is 3.99. The van der Waals surface area contributed by atoms with Crippen LogP contribution in [0, 0.1) is 23.0 Å². The van der Waals surface area contributed by atoms with Gasteiger partial charge >= 0.3 is 0 Å². The molecule has 0 saturated carbocycles. The van der Waals surface area contributed by atoms with Crippen LogP contribution >= 0.6 is 23.1 Å². The molecule has 3 aromatic rings. The topological polar surface area (TPSA) is 103 Å².